The van der Waals surface area contributed by atoms with Gasteiger partial charge in [0.15, 0.2) is 0 Å². The van der Waals surface area contributed by atoms with Crippen LogP contribution in [0.1, 0.15) is 23.0 Å². The highest BCUT2D eigenvalue weighted by Gasteiger charge is 2.15. The molecule has 0 aliphatic rings. The summed E-state index contributed by atoms with van der Waals surface area (Å²) in [6.07, 6.45) is 1.46. The highest BCUT2D eigenvalue weighted by atomic mass is 16.5. The number of carbonyl (C=O) groups is 1. The SMILES string of the molecule is CCOc1ccc(NC(=O)c2c(N)cnn2C)c(C)c1. The lowest BCUT2D eigenvalue weighted by atomic mass is 10.2. The van der Waals surface area contributed by atoms with Crippen molar-refractivity contribution in [2.75, 3.05) is 17.7 Å². The van der Waals surface area contributed by atoms with Gasteiger partial charge in [-0.15, -0.1) is 0 Å². The maximum atomic E-state index is 12.2. The zero-order valence-electron chi connectivity index (χ0n) is 11.8. The molecule has 6 nitrogen and oxygen atoms in total. The van der Waals surface area contributed by atoms with Crippen molar-refractivity contribution in [3.63, 3.8) is 0 Å². The third kappa shape index (κ3) is 2.74. The van der Waals surface area contributed by atoms with Crippen molar-refractivity contribution in [2.24, 2.45) is 7.05 Å². The predicted molar refractivity (Wildman–Crippen MR) is 77.9 cm³/mol. The lowest BCUT2D eigenvalue weighted by molar-refractivity contribution is 0.101. The van der Waals surface area contributed by atoms with Gasteiger partial charge in [-0.2, -0.15) is 5.10 Å². The van der Waals surface area contributed by atoms with Gasteiger partial charge in [0, 0.05) is 12.7 Å². The Morgan fingerprint density at radius 2 is 2.25 bits per heavy atom. The Morgan fingerprint density at radius 3 is 2.80 bits per heavy atom. The molecule has 0 fully saturated rings. The first-order valence-electron chi connectivity index (χ1n) is 6.35. The summed E-state index contributed by atoms with van der Waals surface area (Å²) in [5, 5.41) is 6.78. The lowest BCUT2D eigenvalue weighted by Gasteiger charge is -2.11. The van der Waals surface area contributed by atoms with Gasteiger partial charge in [0.1, 0.15) is 11.4 Å². The van der Waals surface area contributed by atoms with Crippen molar-refractivity contribution in [3.8, 4) is 5.75 Å². The van der Waals surface area contributed by atoms with Crippen LogP contribution in [-0.2, 0) is 7.05 Å². The number of hydrogen-bond donors (Lipinski definition) is 2. The smallest absolute Gasteiger partial charge is 0.276 e. The molecule has 6 heteroatoms. The Morgan fingerprint density at radius 1 is 1.50 bits per heavy atom. The molecule has 0 saturated heterocycles. The van der Waals surface area contributed by atoms with Crippen molar-refractivity contribution in [2.45, 2.75) is 13.8 Å². The van der Waals surface area contributed by atoms with E-state index in [1.807, 2.05) is 32.0 Å². The number of aromatic nitrogens is 2. The zero-order valence-corrected chi connectivity index (χ0v) is 11.8. The summed E-state index contributed by atoms with van der Waals surface area (Å²) in [5.41, 5.74) is 8.08. The van der Waals surface area contributed by atoms with Crippen LogP contribution in [0.5, 0.6) is 5.75 Å². The molecule has 1 aromatic carbocycles. The highest BCUT2D eigenvalue weighted by molar-refractivity contribution is 6.06. The average molecular weight is 274 g/mol. The molecule has 1 heterocycles. The van der Waals surface area contributed by atoms with E-state index in [0.29, 0.717) is 18.0 Å². The largest absolute Gasteiger partial charge is 0.494 e. The highest BCUT2D eigenvalue weighted by Crippen LogP contribution is 2.22. The minimum Gasteiger partial charge on any atom is -0.494 e. The van der Waals surface area contributed by atoms with Crippen molar-refractivity contribution >= 4 is 17.3 Å². The van der Waals surface area contributed by atoms with Crippen LogP contribution < -0.4 is 15.8 Å². The van der Waals surface area contributed by atoms with E-state index in [9.17, 15) is 4.79 Å². The second-order valence-corrected chi connectivity index (χ2v) is 4.44. The first-order chi connectivity index (χ1) is 9.52. The molecule has 106 valence electrons. The van der Waals surface area contributed by atoms with Crippen LogP contribution in [0.4, 0.5) is 11.4 Å². The number of carbonyl (C=O) groups excluding carboxylic acids is 1. The summed E-state index contributed by atoms with van der Waals surface area (Å²) in [7, 11) is 1.68. The van der Waals surface area contributed by atoms with Crippen molar-refractivity contribution in [1.29, 1.82) is 0 Å². The number of aryl methyl sites for hydroxylation is 2. The summed E-state index contributed by atoms with van der Waals surface area (Å²) in [6.45, 7) is 4.44. The molecule has 20 heavy (non-hydrogen) atoms. The van der Waals surface area contributed by atoms with E-state index >= 15 is 0 Å². The van der Waals surface area contributed by atoms with Crippen molar-refractivity contribution < 1.29 is 9.53 Å². The summed E-state index contributed by atoms with van der Waals surface area (Å²) < 4.78 is 6.86. The number of rotatable bonds is 4. The fourth-order valence-corrected chi connectivity index (χ4v) is 1.95. The third-order valence-corrected chi connectivity index (χ3v) is 2.94. The van der Waals surface area contributed by atoms with E-state index in [0.717, 1.165) is 17.0 Å². The Labute approximate surface area is 117 Å². The van der Waals surface area contributed by atoms with Gasteiger partial charge in [-0.1, -0.05) is 0 Å². The number of hydrogen-bond acceptors (Lipinski definition) is 4. The molecule has 0 atom stereocenters. The predicted octanol–water partition coefficient (Wildman–Crippen LogP) is 1.96. The Kier molecular flexibility index (Phi) is 3.93. The quantitative estimate of drug-likeness (QED) is 0.893. The second-order valence-electron chi connectivity index (χ2n) is 4.44. The fourth-order valence-electron chi connectivity index (χ4n) is 1.95. The van der Waals surface area contributed by atoms with E-state index in [1.54, 1.807) is 7.05 Å². The number of benzene rings is 1. The van der Waals surface area contributed by atoms with Crippen LogP contribution >= 0.6 is 0 Å². The van der Waals surface area contributed by atoms with Crippen molar-refractivity contribution in [3.05, 3.63) is 35.7 Å². The number of nitrogens with two attached hydrogens (primary N) is 1. The normalized spacial score (nSPS) is 10.3. The van der Waals surface area contributed by atoms with Crippen LogP contribution in [0.25, 0.3) is 0 Å². The van der Waals surface area contributed by atoms with Crippen LogP contribution in [0.2, 0.25) is 0 Å². The number of anilines is 2. The van der Waals surface area contributed by atoms with E-state index in [-0.39, 0.29) is 5.91 Å². The molecule has 0 spiro atoms. The minimum atomic E-state index is -0.283. The van der Waals surface area contributed by atoms with E-state index in [2.05, 4.69) is 10.4 Å². The standard InChI is InChI=1S/C14H18N4O2/c1-4-20-10-5-6-12(9(2)7-10)17-14(19)13-11(15)8-16-18(13)3/h5-8H,4,15H2,1-3H3,(H,17,19). The van der Waals surface area contributed by atoms with Crippen LogP contribution in [-0.4, -0.2) is 22.3 Å². The maximum Gasteiger partial charge on any atom is 0.276 e. The Bertz CT molecular complexity index is 615. The van der Waals surface area contributed by atoms with Gasteiger partial charge in [-0.3, -0.25) is 9.48 Å². The fraction of sp³-hybridized carbons (Fsp3) is 0.286. The number of nitrogens with one attached hydrogen (secondary N) is 1. The molecule has 0 aliphatic heterocycles. The molecule has 0 radical (unpaired) electrons. The zero-order chi connectivity index (χ0) is 14.7. The molecule has 0 aliphatic carbocycles. The molecule has 2 rings (SSSR count). The van der Waals surface area contributed by atoms with Crippen LogP contribution in [0.15, 0.2) is 24.4 Å². The maximum absolute atomic E-state index is 12.2. The van der Waals surface area contributed by atoms with Gasteiger partial charge in [0.2, 0.25) is 0 Å². The topological polar surface area (TPSA) is 82.2 Å². The van der Waals surface area contributed by atoms with Gasteiger partial charge in [-0.05, 0) is 37.6 Å². The molecular weight excluding hydrogens is 256 g/mol. The average Bonchev–Trinajstić information content (AvgIpc) is 2.73. The molecule has 2 aromatic rings. The monoisotopic (exact) mass is 274 g/mol. The van der Waals surface area contributed by atoms with Gasteiger partial charge in [0.25, 0.3) is 5.91 Å². The first-order valence-corrected chi connectivity index (χ1v) is 6.35. The van der Waals surface area contributed by atoms with E-state index < -0.39 is 0 Å². The minimum absolute atomic E-state index is 0.283. The van der Waals surface area contributed by atoms with Crippen molar-refractivity contribution in [1.82, 2.24) is 9.78 Å². The molecule has 1 aromatic heterocycles. The molecular formula is C14H18N4O2. The Balaban J connectivity index is 2.20. The van der Waals surface area contributed by atoms with Gasteiger partial charge >= 0.3 is 0 Å². The molecule has 0 unspecified atom stereocenters. The summed E-state index contributed by atoms with van der Waals surface area (Å²) in [6, 6.07) is 5.51. The molecule has 0 saturated carbocycles. The second kappa shape index (κ2) is 5.64. The van der Waals surface area contributed by atoms with Crippen LogP contribution in [0, 0.1) is 6.92 Å². The van der Waals surface area contributed by atoms with Gasteiger partial charge in [-0.25, -0.2) is 0 Å². The van der Waals surface area contributed by atoms with E-state index in [1.165, 1.54) is 10.9 Å². The lowest BCUT2D eigenvalue weighted by Crippen LogP contribution is -2.18. The van der Waals surface area contributed by atoms with E-state index in [4.69, 9.17) is 10.5 Å². The first kappa shape index (κ1) is 13.9. The Hall–Kier alpha value is -2.50. The summed E-state index contributed by atoms with van der Waals surface area (Å²) in [4.78, 5) is 12.2. The number of nitrogens with zero attached hydrogens (tertiary/aromatic N) is 2. The third-order valence-electron chi connectivity index (χ3n) is 2.94. The summed E-state index contributed by atoms with van der Waals surface area (Å²) >= 11 is 0. The number of ether oxygens (including phenoxy) is 1. The van der Waals surface area contributed by atoms with Gasteiger partial charge < -0.3 is 15.8 Å². The molecule has 1 amide bonds. The number of nitrogen functional groups attached to an aromatic ring is 1. The number of amides is 1. The molecule has 3 N–H and O–H groups in total. The molecule has 0 bridgehead atoms. The van der Waals surface area contributed by atoms with Crippen LogP contribution in [0.3, 0.4) is 0 Å². The van der Waals surface area contributed by atoms with Gasteiger partial charge in [0.05, 0.1) is 18.5 Å². The summed E-state index contributed by atoms with van der Waals surface area (Å²) in [5.74, 6) is 0.498.